The zero-order valence-corrected chi connectivity index (χ0v) is 12.2. The lowest BCUT2D eigenvalue weighted by atomic mass is 10.2. The van der Waals surface area contributed by atoms with Crippen molar-refractivity contribution in [2.24, 2.45) is 0 Å². The average molecular weight is 331 g/mol. The van der Waals surface area contributed by atoms with Crippen molar-refractivity contribution in [2.45, 2.75) is 6.92 Å². The van der Waals surface area contributed by atoms with Crippen LogP contribution in [-0.4, -0.2) is 20.9 Å². The van der Waals surface area contributed by atoms with Crippen molar-refractivity contribution >= 4 is 38.6 Å². The number of carbonyl (C=O) groups excluding carboxylic acids is 1. The molecule has 3 aromatic rings. The zero-order valence-electron chi connectivity index (χ0n) is 10.6. The molecule has 0 fully saturated rings. The Kier molecular flexibility index (Phi) is 3.23. The molecule has 1 aromatic carbocycles. The molecule has 0 spiro atoms. The minimum atomic E-state index is -0.172. The number of nitrogens with zero attached hydrogens (tertiary/aromatic N) is 2. The Morgan fingerprint density at radius 3 is 2.95 bits per heavy atom. The number of benzene rings is 1. The van der Waals surface area contributed by atoms with E-state index in [9.17, 15) is 4.79 Å². The Bertz CT molecular complexity index is 797. The van der Waals surface area contributed by atoms with E-state index in [0.717, 1.165) is 21.3 Å². The number of amides is 1. The van der Waals surface area contributed by atoms with Gasteiger partial charge in [-0.15, -0.1) is 0 Å². The van der Waals surface area contributed by atoms with E-state index in [1.165, 1.54) is 0 Å². The van der Waals surface area contributed by atoms with E-state index in [4.69, 9.17) is 0 Å². The fraction of sp³-hybridized carbons (Fsp3) is 0.0714. The van der Waals surface area contributed by atoms with Gasteiger partial charge in [0.2, 0.25) is 0 Å². The lowest BCUT2D eigenvalue weighted by molar-refractivity contribution is 0.102. The van der Waals surface area contributed by atoms with Crippen LogP contribution >= 0.6 is 15.9 Å². The second-order valence-corrected chi connectivity index (χ2v) is 5.17. The van der Waals surface area contributed by atoms with Gasteiger partial charge in [0.25, 0.3) is 5.91 Å². The van der Waals surface area contributed by atoms with Crippen molar-refractivity contribution in [3.8, 4) is 0 Å². The lowest BCUT2D eigenvalue weighted by Crippen LogP contribution is -2.13. The summed E-state index contributed by atoms with van der Waals surface area (Å²) < 4.78 is 0.742. The normalized spacial score (nSPS) is 10.7. The maximum Gasteiger partial charge on any atom is 0.255 e. The predicted octanol–water partition coefficient (Wildman–Crippen LogP) is 3.28. The van der Waals surface area contributed by atoms with Gasteiger partial charge in [-0.2, -0.15) is 0 Å². The van der Waals surface area contributed by atoms with Crippen molar-refractivity contribution in [3.05, 3.63) is 52.5 Å². The molecular weight excluding hydrogens is 320 g/mol. The fourth-order valence-electron chi connectivity index (χ4n) is 1.93. The molecular formula is C14H11BrN4O. The maximum atomic E-state index is 12.2. The van der Waals surface area contributed by atoms with Crippen LogP contribution in [-0.2, 0) is 0 Å². The molecule has 0 unspecified atom stereocenters. The van der Waals surface area contributed by atoms with E-state index in [0.29, 0.717) is 11.3 Å². The second-order valence-electron chi connectivity index (χ2n) is 4.36. The summed E-state index contributed by atoms with van der Waals surface area (Å²) in [5.41, 5.74) is 3.70. The van der Waals surface area contributed by atoms with Crippen LogP contribution in [0.4, 0.5) is 5.69 Å². The summed E-state index contributed by atoms with van der Waals surface area (Å²) in [6.07, 6.45) is 1.61. The topological polar surface area (TPSA) is 70.7 Å². The van der Waals surface area contributed by atoms with E-state index in [-0.39, 0.29) is 5.91 Å². The number of nitrogens with one attached hydrogen (secondary N) is 2. The van der Waals surface area contributed by atoms with E-state index >= 15 is 0 Å². The van der Waals surface area contributed by atoms with Crippen LogP contribution in [0.1, 0.15) is 16.1 Å². The quantitative estimate of drug-likeness (QED) is 0.708. The number of pyridine rings is 1. The summed E-state index contributed by atoms with van der Waals surface area (Å²) in [4.78, 5) is 23.6. The third-order valence-electron chi connectivity index (χ3n) is 2.98. The number of aryl methyl sites for hydroxylation is 1. The van der Waals surface area contributed by atoms with Crippen molar-refractivity contribution in [3.63, 3.8) is 0 Å². The average Bonchev–Trinajstić information content (AvgIpc) is 2.89. The number of carbonyl (C=O) groups is 1. The van der Waals surface area contributed by atoms with E-state index in [1.807, 2.05) is 19.1 Å². The number of aromatic amines is 1. The van der Waals surface area contributed by atoms with Crippen LogP contribution in [0.15, 0.2) is 41.3 Å². The first-order valence-corrected chi connectivity index (χ1v) is 6.80. The molecule has 1 amide bonds. The van der Waals surface area contributed by atoms with Gasteiger partial charge in [0.05, 0.1) is 28.7 Å². The summed E-state index contributed by atoms with van der Waals surface area (Å²) >= 11 is 3.30. The molecule has 5 nitrogen and oxygen atoms in total. The Hall–Kier alpha value is -2.21. The van der Waals surface area contributed by atoms with Gasteiger partial charge in [-0.3, -0.25) is 4.79 Å². The molecule has 0 bridgehead atoms. The Morgan fingerprint density at radius 1 is 1.30 bits per heavy atom. The fourth-order valence-corrected chi connectivity index (χ4v) is 2.33. The van der Waals surface area contributed by atoms with Gasteiger partial charge in [0.1, 0.15) is 4.60 Å². The first-order chi connectivity index (χ1) is 9.63. The standard InChI is InChI=1S/C14H11BrN4O/c1-8-10(4-5-13(15)18-8)19-14(20)9-2-3-11-12(6-9)17-7-16-11/h2-7H,1H3,(H,16,17)(H,19,20). The Morgan fingerprint density at radius 2 is 2.15 bits per heavy atom. The van der Waals surface area contributed by atoms with E-state index in [1.54, 1.807) is 24.5 Å². The van der Waals surface area contributed by atoms with Crippen LogP contribution in [0.25, 0.3) is 11.0 Å². The van der Waals surface area contributed by atoms with Crippen molar-refractivity contribution in [1.82, 2.24) is 15.0 Å². The van der Waals surface area contributed by atoms with Crippen LogP contribution in [0.2, 0.25) is 0 Å². The largest absolute Gasteiger partial charge is 0.345 e. The molecule has 0 saturated carbocycles. The van der Waals surface area contributed by atoms with Gasteiger partial charge >= 0.3 is 0 Å². The summed E-state index contributed by atoms with van der Waals surface area (Å²) in [6.45, 7) is 1.85. The second kappa shape index (κ2) is 5.05. The molecule has 2 N–H and O–H groups in total. The van der Waals surface area contributed by atoms with E-state index in [2.05, 4.69) is 36.2 Å². The summed E-state index contributed by atoms with van der Waals surface area (Å²) in [5.74, 6) is -0.172. The Labute approximate surface area is 123 Å². The maximum absolute atomic E-state index is 12.2. The predicted molar refractivity (Wildman–Crippen MR) is 80.7 cm³/mol. The van der Waals surface area contributed by atoms with Gasteiger partial charge in [0.15, 0.2) is 0 Å². The minimum absolute atomic E-state index is 0.172. The summed E-state index contributed by atoms with van der Waals surface area (Å²) in [5, 5.41) is 2.85. The minimum Gasteiger partial charge on any atom is -0.345 e. The third kappa shape index (κ3) is 2.42. The van der Waals surface area contributed by atoms with Crippen molar-refractivity contribution < 1.29 is 4.79 Å². The number of hydrogen-bond acceptors (Lipinski definition) is 3. The van der Waals surface area contributed by atoms with Crippen LogP contribution in [0.3, 0.4) is 0 Å². The first kappa shape index (κ1) is 12.8. The molecule has 0 atom stereocenters. The van der Waals surface area contributed by atoms with Crippen LogP contribution < -0.4 is 5.32 Å². The number of H-pyrrole nitrogens is 1. The SMILES string of the molecule is Cc1nc(Br)ccc1NC(=O)c1ccc2nc[nH]c2c1. The molecule has 20 heavy (non-hydrogen) atoms. The lowest BCUT2D eigenvalue weighted by Gasteiger charge is -2.08. The molecule has 100 valence electrons. The highest BCUT2D eigenvalue weighted by Gasteiger charge is 2.09. The Balaban J connectivity index is 1.88. The molecule has 6 heteroatoms. The number of aromatic nitrogens is 3. The van der Waals surface area contributed by atoms with Crippen molar-refractivity contribution in [2.75, 3.05) is 5.32 Å². The molecule has 2 heterocycles. The van der Waals surface area contributed by atoms with E-state index < -0.39 is 0 Å². The molecule has 0 aliphatic rings. The number of anilines is 1. The highest BCUT2D eigenvalue weighted by atomic mass is 79.9. The summed E-state index contributed by atoms with van der Waals surface area (Å²) in [7, 11) is 0. The first-order valence-electron chi connectivity index (χ1n) is 6.01. The molecule has 0 radical (unpaired) electrons. The number of imidazole rings is 1. The molecule has 0 aliphatic carbocycles. The van der Waals surface area contributed by atoms with Gasteiger partial charge in [-0.1, -0.05) is 0 Å². The van der Waals surface area contributed by atoms with Crippen molar-refractivity contribution in [1.29, 1.82) is 0 Å². The van der Waals surface area contributed by atoms with Crippen LogP contribution in [0.5, 0.6) is 0 Å². The highest BCUT2D eigenvalue weighted by molar-refractivity contribution is 9.10. The summed E-state index contributed by atoms with van der Waals surface area (Å²) in [6, 6.07) is 8.95. The van der Waals surface area contributed by atoms with Gasteiger partial charge in [-0.05, 0) is 53.2 Å². The molecule has 0 saturated heterocycles. The number of fused-ring (bicyclic) bond motifs is 1. The van der Waals surface area contributed by atoms with Crippen LogP contribution in [0, 0.1) is 6.92 Å². The third-order valence-corrected chi connectivity index (χ3v) is 3.42. The molecule has 3 rings (SSSR count). The highest BCUT2D eigenvalue weighted by Crippen LogP contribution is 2.18. The molecule has 0 aliphatic heterocycles. The zero-order chi connectivity index (χ0) is 14.1. The number of hydrogen-bond donors (Lipinski definition) is 2. The molecule has 2 aromatic heterocycles. The monoisotopic (exact) mass is 330 g/mol. The smallest absolute Gasteiger partial charge is 0.255 e. The van der Waals surface area contributed by atoms with Gasteiger partial charge in [-0.25, -0.2) is 9.97 Å². The number of rotatable bonds is 2. The number of halogens is 1. The van der Waals surface area contributed by atoms with Gasteiger partial charge < -0.3 is 10.3 Å². The van der Waals surface area contributed by atoms with Gasteiger partial charge in [0, 0.05) is 5.56 Å².